The summed E-state index contributed by atoms with van der Waals surface area (Å²) in [4.78, 5) is 10.9. The van der Waals surface area contributed by atoms with E-state index < -0.39 is 11.6 Å². The Bertz CT molecular complexity index is 1190. The van der Waals surface area contributed by atoms with E-state index in [0.29, 0.717) is 5.75 Å². The zero-order chi connectivity index (χ0) is 20.7. The van der Waals surface area contributed by atoms with E-state index in [9.17, 15) is 4.79 Å². The first-order chi connectivity index (χ1) is 14.6. The van der Waals surface area contributed by atoms with Gasteiger partial charge in [0.15, 0.2) is 0 Å². The lowest BCUT2D eigenvalue weighted by Crippen LogP contribution is -2.28. The van der Waals surface area contributed by atoms with Gasteiger partial charge in [-0.25, -0.2) is 4.79 Å². The number of ether oxygens (including phenoxy) is 1. The topological polar surface area (TPSA) is 46.5 Å². The third-order valence-electron chi connectivity index (χ3n) is 5.93. The van der Waals surface area contributed by atoms with E-state index in [1.165, 1.54) is 33.4 Å². The molecule has 4 aromatic rings. The lowest BCUT2D eigenvalue weighted by Gasteiger charge is -2.34. The van der Waals surface area contributed by atoms with Crippen LogP contribution in [0.5, 0.6) is 5.75 Å². The van der Waals surface area contributed by atoms with Crippen molar-refractivity contribution in [2.75, 3.05) is 0 Å². The van der Waals surface area contributed by atoms with Crippen LogP contribution in [0.4, 0.5) is 4.79 Å². The molecule has 146 valence electrons. The van der Waals surface area contributed by atoms with E-state index in [4.69, 9.17) is 9.84 Å². The third kappa shape index (κ3) is 2.63. The van der Waals surface area contributed by atoms with Crippen LogP contribution in [0.1, 0.15) is 27.8 Å². The summed E-state index contributed by atoms with van der Waals surface area (Å²) >= 11 is 0. The SMILES string of the molecule is Cc1ccc(C2(c3ccc(OC(=O)O)cc3)c3ccccc3-c3ccccc32)cc1. The summed E-state index contributed by atoms with van der Waals surface area (Å²) in [5, 5.41) is 8.94. The highest BCUT2D eigenvalue weighted by molar-refractivity contribution is 5.86. The number of hydrogen-bond acceptors (Lipinski definition) is 2. The molecule has 0 atom stereocenters. The molecule has 0 heterocycles. The van der Waals surface area contributed by atoms with E-state index in [1.807, 2.05) is 12.1 Å². The molecule has 0 saturated heterocycles. The van der Waals surface area contributed by atoms with Gasteiger partial charge in [0, 0.05) is 0 Å². The van der Waals surface area contributed by atoms with Crippen LogP contribution in [-0.4, -0.2) is 11.3 Å². The monoisotopic (exact) mass is 392 g/mol. The summed E-state index contributed by atoms with van der Waals surface area (Å²) in [6, 6.07) is 33.1. The summed E-state index contributed by atoms with van der Waals surface area (Å²) in [6.45, 7) is 2.09. The van der Waals surface area contributed by atoms with Crippen molar-refractivity contribution in [1.29, 1.82) is 0 Å². The van der Waals surface area contributed by atoms with Gasteiger partial charge in [-0.05, 0) is 52.4 Å². The molecule has 1 aliphatic rings. The van der Waals surface area contributed by atoms with E-state index in [0.717, 1.165) is 5.56 Å². The van der Waals surface area contributed by atoms with Crippen molar-refractivity contribution < 1.29 is 14.6 Å². The van der Waals surface area contributed by atoms with Gasteiger partial charge >= 0.3 is 6.16 Å². The highest BCUT2D eigenvalue weighted by Crippen LogP contribution is 2.55. The van der Waals surface area contributed by atoms with Gasteiger partial charge in [-0.3, -0.25) is 0 Å². The fraction of sp³-hybridized carbons (Fsp3) is 0.0741. The van der Waals surface area contributed by atoms with Crippen LogP contribution < -0.4 is 4.74 Å². The van der Waals surface area contributed by atoms with Gasteiger partial charge < -0.3 is 9.84 Å². The standard InChI is InChI=1S/C27H20O3/c1-18-10-12-19(13-11-18)27(20-14-16-21(17-15-20)30-26(28)29)24-8-4-2-6-22(24)23-7-3-5-9-25(23)27/h2-17H,1H3,(H,28,29). The molecule has 30 heavy (non-hydrogen) atoms. The lowest BCUT2D eigenvalue weighted by molar-refractivity contribution is 0.144. The average molecular weight is 392 g/mol. The highest BCUT2D eigenvalue weighted by Gasteiger charge is 2.45. The minimum atomic E-state index is -1.31. The van der Waals surface area contributed by atoms with Crippen LogP contribution in [0.3, 0.4) is 0 Å². The Labute approximate surface area is 175 Å². The molecule has 5 rings (SSSR count). The largest absolute Gasteiger partial charge is 0.511 e. The third-order valence-corrected chi connectivity index (χ3v) is 5.93. The summed E-state index contributed by atoms with van der Waals surface area (Å²) in [5.74, 6) is 0.310. The Hall–Kier alpha value is -3.85. The number of rotatable bonds is 3. The first kappa shape index (κ1) is 18.2. The maximum Gasteiger partial charge on any atom is 0.511 e. The molecular formula is C27H20O3. The Kier molecular flexibility index (Phi) is 4.18. The second kappa shape index (κ2) is 6.89. The van der Waals surface area contributed by atoms with E-state index in [1.54, 1.807) is 12.1 Å². The van der Waals surface area contributed by atoms with Crippen molar-refractivity contribution in [2.45, 2.75) is 12.3 Å². The summed E-state index contributed by atoms with van der Waals surface area (Å²) in [6.07, 6.45) is -1.31. The van der Waals surface area contributed by atoms with Crippen molar-refractivity contribution in [3.8, 4) is 16.9 Å². The molecule has 0 saturated carbocycles. The van der Waals surface area contributed by atoms with Crippen LogP contribution in [-0.2, 0) is 5.41 Å². The number of fused-ring (bicyclic) bond motifs is 3. The van der Waals surface area contributed by atoms with Gasteiger partial charge in [-0.15, -0.1) is 0 Å². The first-order valence-corrected chi connectivity index (χ1v) is 9.88. The van der Waals surface area contributed by atoms with Gasteiger partial charge in [0.05, 0.1) is 5.41 Å². The zero-order valence-corrected chi connectivity index (χ0v) is 16.5. The molecule has 0 aromatic heterocycles. The quantitative estimate of drug-likeness (QED) is 0.285. The fourth-order valence-corrected chi connectivity index (χ4v) is 4.70. The van der Waals surface area contributed by atoms with E-state index in [2.05, 4.69) is 79.7 Å². The molecule has 0 unspecified atom stereocenters. The Morgan fingerprint density at radius 3 is 1.67 bits per heavy atom. The summed E-state index contributed by atoms with van der Waals surface area (Å²) < 4.78 is 4.84. The van der Waals surface area contributed by atoms with Gasteiger partial charge in [-0.2, -0.15) is 0 Å². The Morgan fingerprint density at radius 2 is 1.17 bits per heavy atom. The van der Waals surface area contributed by atoms with Crippen LogP contribution in [0.2, 0.25) is 0 Å². The molecule has 1 aliphatic carbocycles. The molecule has 0 radical (unpaired) electrons. The molecule has 1 N–H and O–H groups in total. The fourth-order valence-electron chi connectivity index (χ4n) is 4.70. The molecule has 3 nitrogen and oxygen atoms in total. The van der Waals surface area contributed by atoms with Gasteiger partial charge in [0.25, 0.3) is 0 Å². The Balaban J connectivity index is 1.83. The first-order valence-electron chi connectivity index (χ1n) is 9.88. The van der Waals surface area contributed by atoms with Crippen molar-refractivity contribution in [1.82, 2.24) is 0 Å². The molecule has 0 spiro atoms. The molecule has 4 aromatic carbocycles. The minimum Gasteiger partial charge on any atom is -0.449 e. The van der Waals surface area contributed by atoms with Crippen LogP contribution in [0, 0.1) is 6.92 Å². The predicted molar refractivity (Wildman–Crippen MR) is 117 cm³/mol. The van der Waals surface area contributed by atoms with Crippen molar-refractivity contribution in [2.24, 2.45) is 0 Å². The van der Waals surface area contributed by atoms with Gasteiger partial charge in [0.1, 0.15) is 5.75 Å². The maximum absolute atomic E-state index is 10.9. The number of carboxylic acid groups (broad SMARTS) is 1. The molecule has 0 amide bonds. The molecule has 0 bridgehead atoms. The van der Waals surface area contributed by atoms with E-state index in [-0.39, 0.29) is 0 Å². The van der Waals surface area contributed by atoms with Crippen molar-refractivity contribution in [3.05, 3.63) is 125 Å². The van der Waals surface area contributed by atoms with Crippen molar-refractivity contribution >= 4 is 6.16 Å². The highest BCUT2D eigenvalue weighted by atomic mass is 16.7. The second-order valence-corrected chi connectivity index (χ2v) is 7.60. The predicted octanol–water partition coefficient (Wildman–Crippen LogP) is 6.41. The summed E-state index contributed by atoms with van der Waals surface area (Å²) in [5.41, 5.74) is 7.86. The molecular weight excluding hydrogens is 372 g/mol. The molecule has 3 heteroatoms. The average Bonchev–Trinajstić information content (AvgIpc) is 3.06. The number of carbonyl (C=O) groups is 1. The number of aryl methyl sites for hydroxylation is 1. The van der Waals surface area contributed by atoms with E-state index >= 15 is 0 Å². The number of benzene rings is 4. The normalized spacial score (nSPS) is 13.4. The lowest BCUT2D eigenvalue weighted by atomic mass is 9.67. The maximum atomic E-state index is 10.9. The number of hydrogen-bond donors (Lipinski definition) is 1. The van der Waals surface area contributed by atoms with Crippen molar-refractivity contribution in [3.63, 3.8) is 0 Å². The Morgan fingerprint density at radius 1 is 0.700 bits per heavy atom. The molecule has 0 fully saturated rings. The zero-order valence-electron chi connectivity index (χ0n) is 16.5. The van der Waals surface area contributed by atoms with Crippen LogP contribution >= 0.6 is 0 Å². The second-order valence-electron chi connectivity index (χ2n) is 7.60. The van der Waals surface area contributed by atoms with Gasteiger partial charge in [-0.1, -0.05) is 90.5 Å². The minimum absolute atomic E-state index is 0.310. The van der Waals surface area contributed by atoms with Crippen LogP contribution in [0.15, 0.2) is 97.1 Å². The summed E-state index contributed by atoms with van der Waals surface area (Å²) in [7, 11) is 0. The molecule has 0 aliphatic heterocycles. The van der Waals surface area contributed by atoms with Crippen LogP contribution in [0.25, 0.3) is 11.1 Å². The smallest absolute Gasteiger partial charge is 0.449 e. The van der Waals surface area contributed by atoms with Gasteiger partial charge in [0.2, 0.25) is 0 Å².